The summed E-state index contributed by atoms with van der Waals surface area (Å²) in [6.45, 7) is 0. The van der Waals surface area contributed by atoms with Crippen molar-refractivity contribution in [3.05, 3.63) is 23.0 Å². The highest BCUT2D eigenvalue weighted by atomic mass is 35.5. The molecular weight excluding hydrogens is 150 g/mol. The van der Waals surface area contributed by atoms with Gasteiger partial charge in [-0.25, -0.2) is 4.98 Å². The molecule has 0 aromatic carbocycles. The van der Waals surface area contributed by atoms with Gasteiger partial charge in [-0.15, -0.1) is 0 Å². The number of hydrogen-bond acceptors (Lipinski definition) is 3. The zero-order valence-corrected chi connectivity index (χ0v) is 5.76. The number of nitrogens with zero attached hydrogens (tertiary/aromatic N) is 2. The molecule has 1 rings (SSSR count). The van der Waals surface area contributed by atoms with Crippen LogP contribution < -0.4 is 5.73 Å². The van der Waals surface area contributed by atoms with E-state index in [1.54, 1.807) is 0 Å². The van der Waals surface area contributed by atoms with Crippen LogP contribution in [0.15, 0.2) is 12.3 Å². The van der Waals surface area contributed by atoms with Crippen LogP contribution >= 0.6 is 11.6 Å². The smallest absolute Gasteiger partial charge is 0.151 e. The van der Waals surface area contributed by atoms with Crippen LogP contribution in [0.2, 0.25) is 5.15 Å². The van der Waals surface area contributed by atoms with E-state index in [9.17, 15) is 0 Å². The van der Waals surface area contributed by atoms with Crippen LogP contribution in [0.5, 0.6) is 0 Å². The summed E-state index contributed by atoms with van der Waals surface area (Å²) in [5, 5.41) is 8.60. The third-order valence-corrected chi connectivity index (χ3v) is 1.31. The average molecular weight is 154 g/mol. The minimum absolute atomic E-state index is 0.235. The van der Waals surface area contributed by atoms with Gasteiger partial charge in [-0.2, -0.15) is 5.26 Å². The van der Waals surface area contributed by atoms with E-state index in [4.69, 9.17) is 22.6 Å². The first-order valence-electron chi connectivity index (χ1n) is 2.55. The Bertz CT molecular complexity index is 290. The van der Waals surface area contributed by atoms with Crippen LogP contribution in [-0.2, 0) is 0 Å². The molecular formula is C6H4ClN3. The normalized spacial score (nSPS) is 8.80. The first kappa shape index (κ1) is 6.84. The van der Waals surface area contributed by atoms with Crippen molar-refractivity contribution in [3.63, 3.8) is 0 Å². The van der Waals surface area contributed by atoms with Crippen LogP contribution in [0.25, 0.3) is 0 Å². The van der Waals surface area contributed by atoms with Crippen LogP contribution in [0.1, 0.15) is 5.56 Å². The van der Waals surface area contributed by atoms with Gasteiger partial charge in [0.2, 0.25) is 0 Å². The maximum atomic E-state index is 8.36. The monoisotopic (exact) mass is 153 g/mol. The Hall–Kier alpha value is -1.27. The molecule has 0 atom stereocenters. The van der Waals surface area contributed by atoms with E-state index < -0.39 is 0 Å². The highest BCUT2D eigenvalue weighted by Gasteiger charge is 1.96. The molecule has 0 fully saturated rings. The lowest BCUT2D eigenvalue weighted by atomic mass is 10.3. The van der Waals surface area contributed by atoms with Crippen molar-refractivity contribution in [1.82, 2.24) is 4.98 Å². The standard InChI is InChI=1S/C6H4ClN3/c7-6-5(9)1-4(2-8)3-10-6/h1,3H,9H2. The quantitative estimate of drug-likeness (QED) is 0.570. The lowest BCUT2D eigenvalue weighted by Gasteiger charge is -1.93. The Balaban J connectivity index is 3.20. The number of nitriles is 1. The van der Waals surface area contributed by atoms with Crippen LogP contribution in [0.4, 0.5) is 5.69 Å². The van der Waals surface area contributed by atoms with E-state index in [1.807, 2.05) is 6.07 Å². The Labute approximate surface area is 63.1 Å². The minimum atomic E-state index is 0.235. The van der Waals surface area contributed by atoms with Crippen molar-refractivity contribution >= 4 is 17.3 Å². The number of anilines is 1. The number of nitrogens with two attached hydrogens (primary N) is 1. The molecule has 4 heteroatoms. The van der Waals surface area contributed by atoms with Crippen molar-refractivity contribution < 1.29 is 0 Å². The topological polar surface area (TPSA) is 62.7 Å². The third kappa shape index (κ3) is 1.17. The highest BCUT2D eigenvalue weighted by Crippen LogP contribution is 2.14. The van der Waals surface area contributed by atoms with Crippen molar-refractivity contribution in [1.29, 1.82) is 5.26 Å². The number of pyridine rings is 1. The molecule has 0 aliphatic carbocycles. The van der Waals surface area contributed by atoms with E-state index in [0.29, 0.717) is 11.3 Å². The summed E-state index contributed by atoms with van der Waals surface area (Å²) in [5.41, 5.74) is 6.10. The van der Waals surface area contributed by atoms with Gasteiger partial charge in [0.1, 0.15) is 6.07 Å². The Kier molecular flexibility index (Phi) is 1.74. The molecule has 0 aliphatic rings. The summed E-state index contributed by atoms with van der Waals surface area (Å²) in [4.78, 5) is 3.67. The lowest BCUT2D eigenvalue weighted by molar-refractivity contribution is 1.30. The number of rotatable bonds is 0. The molecule has 0 spiro atoms. The zero-order chi connectivity index (χ0) is 7.56. The van der Waals surface area contributed by atoms with Gasteiger partial charge in [0.05, 0.1) is 11.3 Å². The Morgan fingerprint density at radius 1 is 1.70 bits per heavy atom. The first-order valence-corrected chi connectivity index (χ1v) is 2.93. The fourth-order valence-corrected chi connectivity index (χ4v) is 0.630. The molecule has 0 unspecified atom stereocenters. The summed E-state index contributed by atoms with van der Waals surface area (Å²) in [5.74, 6) is 0. The molecule has 0 saturated heterocycles. The lowest BCUT2D eigenvalue weighted by Crippen LogP contribution is -1.89. The van der Waals surface area contributed by atoms with Gasteiger partial charge in [-0.1, -0.05) is 11.6 Å². The van der Waals surface area contributed by atoms with Gasteiger partial charge in [0.25, 0.3) is 0 Å². The first-order chi connectivity index (χ1) is 4.74. The molecule has 0 radical (unpaired) electrons. The van der Waals surface area contributed by atoms with Crippen molar-refractivity contribution in [2.45, 2.75) is 0 Å². The van der Waals surface area contributed by atoms with Crippen molar-refractivity contribution in [2.75, 3.05) is 5.73 Å². The van der Waals surface area contributed by atoms with Gasteiger partial charge in [0.15, 0.2) is 5.15 Å². The molecule has 0 aliphatic heterocycles. The van der Waals surface area contributed by atoms with Gasteiger partial charge in [-0.3, -0.25) is 0 Å². The zero-order valence-electron chi connectivity index (χ0n) is 5.00. The number of halogens is 1. The SMILES string of the molecule is N#Cc1cnc(Cl)c(N)c1. The maximum absolute atomic E-state index is 8.36. The van der Waals surface area contributed by atoms with Crippen molar-refractivity contribution in [2.24, 2.45) is 0 Å². The fourth-order valence-electron chi connectivity index (χ4n) is 0.526. The molecule has 1 heterocycles. The van der Waals surface area contributed by atoms with Crippen molar-refractivity contribution in [3.8, 4) is 6.07 Å². The second kappa shape index (κ2) is 2.54. The molecule has 0 bridgehead atoms. The summed E-state index contributed by atoms with van der Waals surface area (Å²) >= 11 is 5.49. The predicted molar refractivity (Wildman–Crippen MR) is 38.4 cm³/mol. The number of nitrogen functional groups attached to an aromatic ring is 1. The molecule has 10 heavy (non-hydrogen) atoms. The van der Waals surface area contributed by atoms with E-state index >= 15 is 0 Å². The van der Waals surface area contributed by atoms with Crippen LogP contribution in [0.3, 0.4) is 0 Å². The third-order valence-electron chi connectivity index (χ3n) is 0.995. The van der Waals surface area contributed by atoms with Gasteiger partial charge < -0.3 is 5.73 Å². The average Bonchev–Trinajstić information content (AvgIpc) is 1.95. The van der Waals surface area contributed by atoms with E-state index in [0.717, 1.165) is 0 Å². The van der Waals surface area contributed by atoms with Gasteiger partial charge in [0, 0.05) is 6.20 Å². The molecule has 0 saturated carbocycles. The van der Waals surface area contributed by atoms with Crippen LogP contribution in [0, 0.1) is 11.3 Å². The van der Waals surface area contributed by atoms with Crippen LogP contribution in [-0.4, -0.2) is 4.98 Å². The number of aromatic nitrogens is 1. The second-order valence-electron chi connectivity index (χ2n) is 1.72. The summed E-state index contributed by atoms with van der Waals surface area (Å²) in [6.07, 6.45) is 1.37. The maximum Gasteiger partial charge on any atom is 0.151 e. The predicted octanol–water partition coefficient (Wildman–Crippen LogP) is 1.19. The molecule has 1 aromatic rings. The Morgan fingerprint density at radius 3 is 2.90 bits per heavy atom. The summed E-state index contributed by atoms with van der Waals surface area (Å²) in [7, 11) is 0. The van der Waals surface area contributed by atoms with Gasteiger partial charge >= 0.3 is 0 Å². The Morgan fingerprint density at radius 2 is 2.40 bits per heavy atom. The molecule has 50 valence electrons. The van der Waals surface area contributed by atoms with E-state index in [1.165, 1.54) is 12.3 Å². The molecule has 1 aromatic heterocycles. The summed E-state index contributed by atoms with van der Waals surface area (Å²) in [6, 6.07) is 3.38. The van der Waals surface area contributed by atoms with Gasteiger partial charge in [-0.05, 0) is 6.07 Å². The highest BCUT2D eigenvalue weighted by molar-refractivity contribution is 6.31. The summed E-state index contributed by atoms with van der Waals surface area (Å²) < 4.78 is 0. The second-order valence-corrected chi connectivity index (χ2v) is 2.07. The molecule has 3 nitrogen and oxygen atoms in total. The largest absolute Gasteiger partial charge is 0.396 e. The van der Waals surface area contributed by atoms with E-state index in [2.05, 4.69) is 4.98 Å². The minimum Gasteiger partial charge on any atom is -0.396 e. The molecule has 2 N–H and O–H groups in total. The fraction of sp³-hybridized carbons (Fsp3) is 0. The number of hydrogen-bond donors (Lipinski definition) is 1. The van der Waals surface area contributed by atoms with E-state index in [-0.39, 0.29) is 5.15 Å². The molecule has 0 amide bonds.